The minimum absolute atomic E-state index is 0.116. The highest BCUT2D eigenvalue weighted by molar-refractivity contribution is 7.99. The van der Waals surface area contributed by atoms with Crippen molar-refractivity contribution in [1.82, 2.24) is 15.1 Å². The number of carbonyl (C=O) groups is 1. The van der Waals surface area contributed by atoms with E-state index in [4.69, 9.17) is 18.6 Å². The number of benzene rings is 2. The first-order valence-electron chi connectivity index (χ1n) is 9.73. The van der Waals surface area contributed by atoms with E-state index in [0.717, 1.165) is 17.3 Å². The number of hydrogen-bond donors (Lipinski definition) is 0. The molecule has 0 aliphatic carbocycles. The molecule has 0 aliphatic heterocycles. The van der Waals surface area contributed by atoms with Crippen molar-refractivity contribution in [1.29, 1.82) is 0 Å². The van der Waals surface area contributed by atoms with Gasteiger partial charge in [0.25, 0.3) is 11.1 Å². The SMILES string of the molecule is COc1cccc(CN(C)C(=O)CSc2nnc(C(C)Oc3ccc(F)cc3)o2)c1OC. The van der Waals surface area contributed by atoms with E-state index < -0.39 is 6.10 Å². The summed E-state index contributed by atoms with van der Waals surface area (Å²) in [5.74, 6) is 1.61. The van der Waals surface area contributed by atoms with Crippen molar-refractivity contribution in [2.45, 2.75) is 24.8 Å². The number of para-hydroxylation sites is 1. The van der Waals surface area contributed by atoms with Crippen molar-refractivity contribution in [3.8, 4) is 17.2 Å². The third-order valence-corrected chi connectivity index (χ3v) is 5.34. The van der Waals surface area contributed by atoms with Gasteiger partial charge in [0.2, 0.25) is 5.91 Å². The number of rotatable bonds is 10. The lowest BCUT2D eigenvalue weighted by Crippen LogP contribution is -2.28. The van der Waals surface area contributed by atoms with Crippen LogP contribution in [-0.4, -0.2) is 48.0 Å². The van der Waals surface area contributed by atoms with Gasteiger partial charge in [-0.3, -0.25) is 4.79 Å². The monoisotopic (exact) mass is 461 g/mol. The standard InChI is InChI=1S/C22H24FN3O5S/c1-14(30-17-10-8-16(23)9-11-17)21-24-25-22(31-21)32-13-19(27)26(2)12-15-6-5-7-18(28-3)20(15)29-4/h5-11,14H,12-13H2,1-4H3. The fourth-order valence-corrected chi connectivity index (χ4v) is 3.58. The highest BCUT2D eigenvalue weighted by Gasteiger charge is 2.19. The molecule has 1 amide bonds. The Morgan fingerprint density at radius 2 is 1.91 bits per heavy atom. The third-order valence-electron chi connectivity index (χ3n) is 4.53. The Hall–Kier alpha value is -3.27. The number of methoxy groups -OCH3 is 2. The maximum atomic E-state index is 13.0. The van der Waals surface area contributed by atoms with Crippen LogP contribution in [0.15, 0.2) is 52.1 Å². The lowest BCUT2D eigenvalue weighted by Gasteiger charge is -2.19. The van der Waals surface area contributed by atoms with Gasteiger partial charge in [-0.1, -0.05) is 23.9 Å². The van der Waals surface area contributed by atoms with Crippen LogP contribution in [0.1, 0.15) is 24.5 Å². The van der Waals surface area contributed by atoms with Gasteiger partial charge in [0.15, 0.2) is 17.6 Å². The van der Waals surface area contributed by atoms with Gasteiger partial charge >= 0.3 is 0 Å². The number of nitrogens with zero attached hydrogens (tertiary/aromatic N) is 3. The van der Waals surface area contributed by atoms with E-state index in [1.54, 1.807) is 39.2 Å². The minimum atomic E-state index is -0.527. The number of thioether (sulfide) groups is 1. The molecule has 0 saturated heterocycles. The zero-order valence-corrected chi connectivity index (χ0v) is 19.0. The number of carbonyl (C=O) groups excluding carboxylic acids is 1. The summed E-state index contributed by atoms with van der Waals surface area (Å²) in [5.41, 5.74) is 0.833. The molecule has 1 heterocycles. The summed E-state index contributed by atoms with van der Waals surface area (Å²) in [4.78, 5) is 14.2. The van der Waals surface area contributed by atoms with Crippen molar-refractivity contribution in [2.24, 2.45) is 0 Å². The van der Waals surface area contributed by atoms with E-state index in [-0.39, 0.29) is 28.6 Å². The van der Waals surface area contributed by atoms with E-state index in [0.29, 0.717) is 23.8 Å². The quantitative estimate of drug-likeness (QED) is 0.417. The molecule has 3 aromatic rings. The molecular weight excluding hydrogens is 437 g/mol. The second kappa shape index (κ2) is 10.9. The molecule has 170 valence electrons. The maximum Gasteiger partial charge on any atom is 0.277 e. The molecule has 3 rings (SSSR count). The smallest absolute Gasteiger partial charge is 0.277 e. The Morgan fingerprint density at radius 3 is 2.59 bits per heavy atom. The first-order valence-corrected chi connectivity index (χ1v) is 10.7. The molecular formula is C22H24FN3O5S. The summed E-state index contributed by atoms with van der Waals surface area (Å²) in [6.45, 7) is 2.10. The summed E-state index contributed by atoms with van der Waals surface area (Å²) in [7, 11) is 4.84. The second-order valence-electron chi connectivity index (χ2n) is 6.81. The topological polar surface area (TPSA) is 86.9 Å². The Morgan fingerprint density at radius 1 is 1.16 bits per heavy atom. The molecule has 0 N–H and O–H groups in total. The van der Waals surface area contributed by atoms with Crippen molar-refractivity contribution in [3.05, 3.63) is 59.7 Å². The number of amides is 1. The van der Waals surface area contributed by atoms with E-state index in [9.17, 15) is 9.18 Å². The lowest BCUT2D eigenvalue weighted by atomic mass is 10.1. The molecule has 0 aliphatic rings. The Kier molecular flexibility index (Phi) is 7.93. The molecule has 2 aromatic carbocycles. The number of aromatic nitrogens is 2. The van der Waals surface area contributed by atoms with Crippen LogP contribution in [0.2, 0.25) is 0 Å². The highest BCUT2D eigenvalue weighted by Crippen LogP contribution is 2.31. The van der Waals surface area contributed by atoms with Crippen LogP contribution >= 0.6 is 11.8 Å². The Bertz CT molecular complexity index is 1040. The fourth-order valence-electron chi connectivity index (χ4n) is 2.87. The van der Waals surface area contributed by atoms with Crippen molar-refractivity contribution in [2.75, 3.05) is 27.0 Å². The molecule has 0 fully saturated rings. The first-order chi connectivity index (χ1) is 15.4. The normalized spacial score (nSPS) is 11.7. The van der Waals surface area contributed by atoms with Gasteiger partial charge in [-0.15, -0.1) is 10.2 Å². The zero-order chi connectivity index (χ0) is 23.1. The molecule has 1 unspecified atom stereocenters. The van der Waals surface area contributed by atoms with Gasteiger partial charge in [-0.25, -0.2) is 4.39 Å². The average molecular weight is 462 g/mol. The molecule has 0 spiro atoms. The average Bonchev–Trinajstić information content (AvgIpc) is 3.28. The summed E-state index contributed by atoms with van der Waals surface area (Å²) in [6.07, 6.45) is -0.527. The summed E-state index contributed by atoms with van der Waals surface area (Å²) < 4.78 is 35.0. The van der Waals surface area contributed by atoms with Crippen LogP contribution in [0.3, 0.4) is 0 Å². The van der Waals surface area contributed by atoms with Gasteiger partial charge in [-0.05, 0) is 37.3 Å². The molecule has 0 radical (unpaired) electrons. The predicted octanol–water partition coefficient (Wildman–Crippen LogP) is 4.12. The number of halogens is 1. The maximum absolute atomic E-state index is 13.0. The van der Waals surface area contributed by atoms with Crippen molar-refractivity contribution >= 4 is 17.7 Å². The molecule has 32 heavy (non-hydrogen) atoms. The number of ether oxygens (including phenoxy) is 3. The molecule has 1 atom stereocenters. The largest absolute Gasteiger partial charge is 0.493 e. The van der Waals surface area contributed by atoms with Crippen LogP contribution in [0, 0.1) is 5.82 Å². The zero-order valence-electron chi connectivity index (χ0n) is 18.2. The van der Waals surface area contributed by atoms with Crippen molar-refractivity contribution in [3.63, 3.8) is 0 Å². The van der Waals surface area contributed by atoms with Crippen LogP contribution in [-0.2, 0) is 11.3 Å². The minimum Gasteiger partial charge on any atom is -0.493 e. The van der Waals surface area contributed by atoms with E-state index in [2.05, 4.69) is 10.2 Å². The van der Waals surface area contributed by atoms with Crippen LogP contribution in [0.25, 0.3) is 0 Å². The molecule has 10 heteroatoms. The van der Waals surface area contributed by atoms with E-state index in [1.807, 2.05) is 12.1 Å². The first kappa shape index (κ1) is 23.4. The molecule has 0 bridgehead atoms. The summed E-state index contributed by atoms with van der Waals surface area (Å²) in [5, 5.41) is 8.19. The lowest BCUT2D eigenvalue weighted by molar-refractivity contribution is -0.127. The summed E-state index contributed by atoms with van der Waals surface area (Å²) in [6, 6.07) is 11.2. The third kappa shape index (κ3) is 5.91. The molecule has 1 aromatic heterocycles. The van der Waals surface area contributed by atoms with Gasteiger partial charge in [0.1, 0.15) is 11.6 Å². The van der Waals surface area contributed by atoms with Crippen molar-refractivity contribution < 1.29 is 27.8 Å². The molecule has 8 nitrogen and oxygen atoms in total. The van der Waals surface area contributed by atoms with E-state index in [1.165, 1.54) is 24.3 Å². The number of hydrogen-bond acceptors (Lipinski definition) is 8. The van der Waals surface area contributed by atoms with Gasteiger partial charge in [0.05, 0.1) is 20.0 Å². The van der Waals surface area contributed by atoms with Crippen LogP contribution in [0.4, 0.5) is 4.39 Å². The van der Waals surface area contributed by atoms with Gasteiger partial charge < -0.3 is 23.5 Å². The molecule has 0 saturated carbocycles. The Labute approximate surface area is 189 Å². The van der Waals surface area contributed by atoms with Gasteiger partial charge in [-0.2, -0.15) is 0 Å². The highest BCUT2D eigenvalue weighted by atomic mass is 32.2. The van der Waals surface area contributed by atoms with Crippen LogP contribution in [0.5, 0.6) is 17.2 Å². The fraction of sp³-hybridized carbons (Fsp3) is 0.318. The van der Waals surface area contributed by atoms with Gasteiger partial charge in [0, 0.05) is 19.2 Å². The summed E-state index contributed by atoms with van der Waals surface area (Å²) >= 11 is 1.14. The second-order valence-corrected chi connectivity index (χ2v) is 7.74. The Balaban J connectivity index is 1.54. The predicted molar refractivity (Wildman–Crippen MR) is 116 cm³/mol. The van der Waals surface area contributed by atoms with Crippen LogP contribution < -0.4 is 14.2 Å². The van der Waals surface area contributed by atoms with E-state index >= 15 is 0 Å².